The molecule has 1 saturated carbocycles. The van der Waals surface area contributed by atoms with E-state index < -0.39 is 42.2 Å². The molecule has 1 fully saturated rings. The summed E-state index contributed by atoms with van der Waals surface area (Å²) in [4.78, 5) is 46.0. The van der Waals surface area contributed by atoms with Crippen LogP contribution < -0.4 is 4.74 Å². The number of rotatable bonds is 14. The molecule has 1 aliphatic carbocycles. The van der Waals surface area contributed by atoms with E-state index in [2.05, 4.69) is 0 Å². The third kappa shape index (κ3) is 11.3. The zero-order valence-electron chi connectivity index (χ0n) is 21.5. The predicted octanol–water partition coefficient (Wildman–Crippen LogP) is 4.25. The zero-order valence-corrected chi connectivity index (χ0v) is 21.5. The quantitative estimate of drug-likeness (QED) is 0.167. The topological polar surface area (TPSA) is 125 Å². The highest BCUT2D eigenvalue weighted by molar-refractivity contribution is 5.67. The summed E-state index contributed by atoms with van der Waals surface area (Å²) in [5, 5.41) is 8.80. The summed E-state index contributed by atoms with van der Waals surface area (Å²) in [7, 11) is 0. The highest BCUT2D eigenvalue weighted by Gasteiger charge is 2.45. The lowest BCUT2D eigenvalue weighted by Gasteiger charge is -2.23. The molecule has 9 heteroatoms. The van der Waals surface area contributed by atoms with Crippen molar-refractivity contribution >= 4 is 23.9 Å². The first-order chi connectivity index (χ1) is 17.7. The molecule has 2 rings (SSSR count). The van der Waals surface area contributed by atoms with Crippen LogP contribution in [0.25, 0.3) is 0 Å². The number of carboxylic acid groups (broad SMARTS) is 1. The van der Waals surface area contributed by atoms with E-state index >= 15 is 0 Å². The Labute approximate surface area is 217 Å². The van der Waals surface area contributed by atoms with Crippen LogP contribution in [0.4, 0.5) is 0 Å². The molecule has 0 bridgehead atoms. The summed E-state index contributed by atoms with van der Waals surface area (Å²) in [5.74, 6) is -2.06. The lowest BCUT2D eigenvalue weighted by Crippen LogP contribution is -2.26. The van der Waals surface area contributed by atoms with Gasteiger partial charge in [-0.15, -0.1) is 0 Å². The molecule has 1 aromatic rings. The van der Waals surface area contributed by atoms with Gasteiger partial charge in [-0.2, -0.15) is 0 Å². The molecular formula is C28H36O9. The zero-order chi connectivity index (χ0) is 27.2. The first kappa shape index (κ1) is 29.6. The van der Waals surface area contributed by atoms with Crippen LogP contribution in [0.3, 0.4) is 0 Å². The van der Waals surface area contributed by atoms with Crippen molar-refractivity contribution in [3.8, 4) is 5.75 Å². The second kappa shape index (κ2) is 15.5. The maximum atomic E-state index is 11.8. The van der Waals surface area contributed by atoms with Crippen LogP contribution in [-0.2, 0) is 33.4 Å². The number of carboxylic acids is 1. The van der Waals surface area contributed by atoms with Gasteiger partial charge in [0.2, 0.25) is 0 Å². The Hall–Kier alpha value is -3.62. The number of benzene rings is 1. The van der Waals surface area contributed by atoms with Crippen molar-refractivity contribution in [2.45, 2.75) is 71.2 Å². The Morgan fingerprint density at radius 3 is 2.27 bits per heavy atom. The van der Waals surface area contributed by atoms with Crippen LogP contribution in [-0.4, -0.2) is 53.9 Å². The fourth-order valence-corrected chi connectivity index (χ4v) is 4.38. The second-order valence-electron chi connectivity index (χ2n) is 8.92. The predicted molar refractivity (Wildman–Crippen MR) is 135 cm³/mol. The molecule has 0 heterocycles. The first-order valence-electron chi connectivity index (χ1n) is 12.4. The SMILES string of the molecule is CC(=O)O[C@H](/C=C/[C@@H]1[C@@H](C/C=C\CCCC(=O)O)[C@@H](OC(C)=O)C[C@H]1OC(C)=O)COc1ccccc1. The number of hydrogen-bond acceptors (Lipinski definition) is 8. The molecule has 37 heavy (non-hydrogen) atoms. The molecular weight excluding hydrogens is 480 g/mol. The van der Waals surface area contributed by atoms with Crippen LogP contribution in [0, 0.1) is 11.8 Å². The monoisotopic (exact) mass is 516 g/mol. The number of hydrogen-bond donors (Lipinski definition) is 1. The summed E-state index contributed by atoms with van der Waals surface area (Å²) in [6, 6.07) is 9.13. The van der Waals surface area contributed by atoms with Crippen LogP contribution in [0.2, 0.25) is 0 Å². The van der Waals surface area contributed by atoms with Gasteiger partial charge in [0.25, 0.3) is 0 Å². The average molecular weight is 517 g/mol. The number of aliphatic carboxylic acids is 1. The van der Waals surface area contributed by atoms with Crippen molar-refractivity contribution in [1.29, 1.82) is 0 Å². The van der Waals surface area contributed by atoms with Crippen LogP contribution in [0.5, 0.6) is 5.75 Å². The number of para-hydroxylation sites is 1. The highest BCUT2D eigenvalue weighted by atomic mass is 16.6. The minimum Gasteiger partial charge on any atom is -0.489 e. The van der Waals surface area contributed by atoms with Gasteiger partial charge in [0, 0.05) is 45.4 Å². The minimum absolute atomic E-state index is 0.0896. The summed E-state index contributed by atoms with van der Waals surface area (Å²) < 4.78 is 22.3. The summed E-state index contributed by atoms with van der Waals surface area (Å²) >= 11 is 0. The van der Waals surface area contributed by atoms with Gasteiger partial charge in [-0.25, -0.2) is 0 Å². The van der Waals surface area contributed by atoms with Crippen LogP contribution in [0.1, 0.15) is 52.9 Å². The third-order valence-electron chi connectivity index (χ3n) is 5.86. The smallest absolute Gasteiger partial charge is 0.303 e. The van der Waals surface area contributed by atoms with Gasteiger partial charge < -0.3 is 24.1 Å². The Morgan fingerprint density at radius 2 is 1.65 bits per heavy atom. The molecule has 0 amide bonds. The van der Waals surface area contributed by atoms with Crippen LogP contribution in [0.15, 0.2) is 54.6 Å². The molecule has 0 aromatic heterocycles. The van der Waals surface area contributed by atoms with Crippen molar-refractivity contribution < 1.29 is 43.2 Å². The van der Waals surface area contributed by atoms with Gasteiger partial charge in [0.15, 0.2) is 6.10 Å². The Morgan fingerprint density at radius 1 is 0.973 bits per heavy atom. The third-order valence-corrected chi connectivity index (χ3v) is 5.86. The maximum absolute atomic E-state index is 11.8. The van der Waals surface area contributed by atoms with E-state index in [0.717, 1.165) is 0 Å². The number of esters is 3. The number of carbonyl (C=O) groups excluding carboxylic acids is 3. The van der Waals surface area contributed by atoms with E-state index in [9.17, 15) is 19.2 Å². The number of carbonyl (C=O) groups is 4. The lowest BCUT2D eigenvalue weighted by atomic mass is 9.89. The van der Waals surface area contributed by atoms with Crippen molar-refractivity contribution in [3.63, 3.8) is 0 Å². The van der Waals surface area contributed by atoms with Gasteiger partial charge in [-0.3, -0.25) is 19.2 Å². The fourth-order valence-electron chi connectivity index (χ4n) is 4.38. The van der Waals surface area contributed by atoms with E-state index in [4.69, 9.17) is 24.1 Å². The molecule has 1 aromatic carbocycles. The lowest BCUT2D eigenvalue weighted by molar-refractivity contribution is -0.149. The van der Waals surface area contributed by atoms with E-state index in [1.165, 1.54) is 20.8 Å². The van der Waals surface area contributed by atoms with Crippen molar-refractivity contribution in [2.24, 2.45) is 11.8 Å². The highest BCUT2D eigenvalue weighted by Crippen LogP contribution is 2.40. The molecule has 0 aliphatic heterocycles. The summed E-state index contributed by atoms with van der Waals surface area (Å²) in [5.41, 5.74) is 0. The largest absolute Gasteiger partial charge is 0.489 e. The normalized spacial score (nSPS) is 22.0. The van der Waals surface area contributed by atoms with E-state index in [0.29, 0.717) is 31.4 Å². The van der Waals surface area contributed by atoms with E-state index in [1.807, 2.05) is 36.4 Å². The van der Waals surface area contributed by atoms with Crippen LogP contribution >= 0.6 is 0 Å². The molecule has 1 aliphatic rings. The number of allylic oxidation sites excluding steroid dienone is 2. The molecule has 0 unspecified atom stereocenters. The molecule has 1 N–H and O–H groups in total. The Bertz CT molecular complexity index is 954. The van der Waals surface area contributed by atoms with Crippen molar-refractivity contribution in [3.05, 3.63) is 54.6 Å². The Balaban J connectivity index is 2.21. The van der Waals surface area contributed by atoms with Crippen molar-refractivity contribution in [1.82, 2.24) is 0 Å². The molecule has 202 valence electrons. The van der Waals surface area contributed by atoms with Crippen molar-refractivity contribution in [2.75, 3.05) is 6.61 Å². The van der Waals surface area contributed by atoms with Gasteiger partial charge >= 0.3 is 23.9 Å². The molecule has 5 atom stereocenters. The second-order valence-corrected chi connectivity index (χ2v) is 8.92. The number of ether oxygens (including phenoxy) is 4. The fraction of sp³-hybridized carbons (Fsp3) is 0.500. The standard InChI is InChI=1S/C28H36O9/c1-19(29)35-23(18-34-22-11-7-6-8-12-22)15-16-25-24(13-9-4-5-10-14-28(32)33)26(36-20(2)30)17-27(25)37-21(3)31/h4,6-9,11-12,15-16,23-27H,5,10,13-14,17-18H2,1-3H3,(H,32,33)/b9-4-,16-15+/t23-,24-,25-,26+,27-/m1/s1. The van der Waals surface area contributed by atoms with Gasteiger partial charge in [-0.05, 0) is 37.5 Å². The average Bonchev–Trinajstić information content (AvgIpc) is 3.12. The summed E-state index contributed by atoms with van der Waals surface area (Å²) in [6.45, 7) is 4.06. The molecule has 0 saturated heterocycles. The Kier molecular flexibility index (Phi) is 12.4. The van der Waals surface area contributed by atoms with Gasteiger partial charge in [0.05, 0.1) is 0 Å². The number of unbranched alkanes of at least 4 members (excludes halogenated alkanes) is 1. The van der Waals surface area contributed by atoms with E-state index in [1.54, 1.807) is 18.2 Å². The molecule has 9 nitrogen and oxygen atoms in total. The minimum atomic E-state index is -0.841. The maximum Gasteiger partial charge on any atom is 0.303 e. The summed E-state index contributed by atoms with van der Waals surface area (Å²) in [6.07, 6.45) is 7.77. The van der Waals surface area contributed by atoms with E-state index in [-0.39, 0.29) is 24.9 Å². The van der Waals surface area contributed by atoms with Gasteiger partial charge in [0.1, 0.15) is 24.6 Å². The molecule has 0 spiro atoms. The van der Waals surface area contributed by atoms with Gasteiger partial charge in [-0.1, -0.05) is 36.4 Å². The molecule has 0 radical (unpaired) electrons. The first-order valence-corrected chi connectivity index (χ1v) is 12.4.